The molecule has 0 fully saturated rings. The standard InChI is InChI=1S/C22H24N2O4/c1-3-5-14(6-4-2)20(25)23-15-7-9-16(10-8-15)28-17-11-12-18-19(13-17)22(27)24-21(18)26/h7-14H,3-6H2,1-2H3,(H,23,25)(H,24,26,27). The lowest BCUT2D eigenvalue weighted by atomic mass is 9.97. The van der Waals surface area contributed by atoms with Gasteiger partial charge in [0.05, 0.1) is 11.1 Å². The summed E-state index contributed by atoms with van der Waals surface area (Å²) in [5.41, 5.74) is 1.38. The topological polar surface area (TPSA) is 84.5 Å². The molecule has 6 nitrogen and oxygen atoms in total. The molecular weight excluding hydrogens is 356 g/mol. The fraction of sp³-hybridized carbons (Fsp3) is 0.318. The first-order valence-corrected chi connectivity index (χ1v) is 9.60. The van der Waals surface area contributed by atoms with Gasteiger partial charge in [-0.25, -0.2) is 0 Å². The summed E-state index contributed by atoms with van der Waals surface area (Å²) in [6.45, 7) is 4.17. The summed E-state index contributed by atoms with van der Waals surface area (Å²) < 4.78 is 5.77. The summed E-state index contributed by atoms with van der Waals surface area (Å²) in [7, 11) is 0. The van der Waals surface area contributed by atoms with Crippen LogP contribution in [0.25, 0.3) is 0 Å². The van der Waals surface area contributed by atoms with E-state index >= 15 is 0 Å². The molecule has 2 N–H and O–H groups in total. The highest BCUT2D eigenvalue weighted by molar-refractivity contribution is 6.21. The lowest BCUT2D eigenvalue weighted by molar-refractivity contribution is -0.120. The van der Waals surface area contributed by atoms with Crippen LogP contribution in [0.3, 0.4) is 0 Å². The molecule has 0 atom stereocenters. The van der Waals surface area contributed by atoms with Gasteiger partial charge in [-0.05, 0) is 55.3 Å². The Morgan fingerprint density at radius 1 is 0.929 bits per heavy atom. The van der Waals surface area contributed by atoms with Crippen LogP contribution in [0.15, 0.2) is 42.5 Å². The van der Waals surface area contributed by atoms with Crippen LogP contribution < -0.4 is 15.4 Å². The first kappa shape index (κ1) is 19.6. The molecule has 0 saturated carbocycles. The average molecular weight is 380 g/mol. The van der Waals surface area contributed by atoms with Gasteiger partial charge in [0.25, 0.3) is 11.8 Å². The SMILES string of the molecule is CCCC(CCC)C(=O)Nc1ccc(Oc2ccc3c(c2)C(=O)NC3=O)cc1. The van der Waals surface area contributed by atoms with Crippen molar-refractivity contribution < 1.29 is 19.1 Å². The summed E-state index contributed by atoms with van der Waals surface area (Å²) in [6, 6.07) is 11.8. The maximum atomic E-state index is 12.4. The summed E-state index contributed by atoms with van der Waals surface area (Å²) in [5, 5.41) is 5.21. The Hall–Kier alpha value is -3.15. The summed E-state index contributed by atoms with van der Waals surface area (Å²) in [4.78, 5) is 35.8. The number of hydrogen-bond donors (Lipinski definition) is 2. The van der Waals surface area contributed by atoms with Gasteiger partial charge in [-0.3, -0.25) is 19.7 Å². The van der Waals surface area contributed by atoms with E-state index in [4.69, 9.17) is 4.74 Å². The molecular formula is C22H24N2O4. The van der Waals surface area contributed by atoms with Crippen LogP contribution in [0.1, 0.15) is 60.2 Å². The van der Waals surface area contributed by atoms with Gasteiger partial charge in [0, 0.05) is 11.6 Å². The van der Waals surface area contributed by atoms with Crippen molar-refractivity contribution in [2.75, 3.05) is 5.32 Å². The predicted octanol–water partition coefficient (Wildman–Crippen LogP) is 4.52. The Morgan fingerprint density at radius 2 is 1.54 bits per heavy atom. The molecule has 0 radical (unpaired) electrons. The van der Waals surface area contributed by atoms with Crippen molar-refractivity contribution in [2.45, 2.75) is 39.5 Å². The number of anilines is 1. The highest BCUT2D eigenvalue weighted by atomic mass is 16.5. The van der Waals surface area contributed by atoms with Crippen LogP contribution in [0.2, 0.25) is 0 Å². The molecule has 0 aromatic heterocycles. The number of imide groups is 1. The minimum absolute atomic E-state index is 0.0335. The zero-order valence-electron chi connectivity index (χ0n) is 16.1. The molecule has 28 heavy (non-hydrogen) atoms. The minimum Gasteiger partial charge on any atom is -0.457 e. The number of nitrogens with one attached hydrogen (secondary N) is 2. The number of amides is 3. The number of benzene rings is 2. The Bertz CT molecular complexity index is 884. The Kier molecular flexibility index (Phi) is 6.09. The van der Waals surface area contributed by atoms with E-state index in [9.17, 15) is 14.4 Å². The number of fused-ring (bicyclic) bond motifs is 1. The van der Waals surface area contributed by atoms with Crippen LogP contribution in [0.4, 0.5) is 5.69 Å². The van der Waals surface area contributed by atoms with Crippen molar-refractivity contribution >= 4 is 23.4 Å². The Morgan fingerprint density at radius 3 is 2.18 bits per heavy atom. The molecule has 3 rings (SSSR count). The molecule has 0 bridgehead atoms. The Labute approximate surface area is 164 Å². The zero-order valence-corrected chi connectivity index (χ0v) is 16.1. The van der Waals surface area contributed by atoms with Gasteiger partial charge >= 0.3 is 0 Å². The third-order valence-electron chi connectivity index (χ3n) is 4.71. The molecule has 2 aromatic carbocycles. The highest BCUT2D eigenvalue weighted by Crippen LogP contribution is 2.27. The van der Waals surface area contributed by atoms with Crippen molar-refractivity contribution in [3.8, 4) is 11.5 Å². The van der Waals surface area contributed by atoms with Gasteiger partial charge < -0.3 is 10.1 Å². The van der Waals surface area contributed by atoms with Crippen LogP contribution in [0, 0.1) is 5.92 Å². The maximum Gasteiger partial charge on any atom is 0.259 e. The third-order valence-corrected chi connectivity index (χ3v) is 4.71. The third kappa shape index (κ3) is 4.39. The van der Waals surface area contributed by atoms with E-state index in [1.807, 2.05) is 0 Å². The highest BCUT2D eigenvalue weighted by Gasteiger charge is 2.27. The first-order valence-electron chi connectivity index (χ1n) is 9.60. The van der Waals surface area contributed by atoms with E-state index in [1.165, 1.54) is 0 Å². The summed E-state index contributed by atoms with van der Waals surface area (Å²) in [5.74, 6) is 0.305. The predicted molar refractivity (Wildman–Crippen MR) is 107 cm³/mol. The van der Waals surface area contributed by atoms with Crippen LogP contribution in [-0.4, -0.2) is 17.7 Å². The quantitative estimate of drug-likeness (QED) is 0.660. The van der Waals surface area contributed by atoms with Crippen molar-refractivity contribution in [1.82, 2.24) is 5.32 Å². The molecule has 0 aliphatic carbocycles. The number of carbonyl (C=O) groups is 3. The van der Waals surface area contributed by atoms with Gasteiger partial charge in [-0.1, -0.05) is 26.7 Å². The molecule has 0 saturated heterocycles. The van der Waals surface area contributed by atoms with Crippen LogP contribution in [-0.2, 0) is 4.79 Å². The van der Waals surface area contributed by atoms with Crippen LogP contribution >= 0.6 is 0 Å². The average Bonchev–Trinajstić information content (AvgIpc) is 2.96. The van der Waals surface area contributed by atoms with Gasteiger partial charge in [0.1, 0.15) is 11.5 Å². The number of hydrogen-bond acceptors (Lipinski definition) is 4. The van der Waals surface area contributed by atoms with Gasteiger partial charge in [-0.2, -0.15) is 0 Å². The second-order valence-corrected chi connectivity index (χ2v) is 6.88. The Balaban J connectivity index is 1.65. The lowest BCUT2D eigenvalue weighted by Crippen LogP contribution is -2.22. The molecule has 0 unspecified atom stereocenters. The van der Waals surface area contributed by atoms with Crippen LogP contribution in [0.5, 0.6) is 11.5 Å². The van der Waals surface area contributed by atoms with Gasteiger partial charge in [0.2, 0.25) is 5.91 Å². The molecule has 1 heterocycles. The second-order valence-electron chi connectivity index (χ2n) is 6.88. The second kappa shape index (κ2) is 8.69. The first-order chi connectivity index (χ1) is 13.5. The molecule has 1 aliphatic rings. The van der Waals surface area contributed by atoms with E-state index in [0.29, 0.717) is 28.3 Å². The van der Waals surface area contributed by atoms with Crippen molar-refractivity contribution in [3.05, 3.63) is 53.6 Å². The van der Waals surface area contributed by atoms with Crippen molar-refractivity contribution in [1.29, 1.82) is 0 Å². The van der Waals surface area contributed by atoms with Gasteiger partial charge in [0.15, 0.2) is 0 Å². The van der Waals surface area contributed by atoms with E-state index in [0.717, 1.165) is 25.7 Å². The van der Waals surface area contributed by atoms with E-state index in [2.05, 4.69) is 24.5 Å². The van der Waals surface area contributed by atoms with Crippen molar-refractivity contribution in [3.63, 3.8) is 0 Å². The summed E-state index contributed by atoms with van der Waals surface area (Å²) in [6.07, 6.45) is 3.73. The molecule has 6 heteroatoms. The fourth-order valence-corrected chi connectivity index (χ4v) is 3.30. The molecule has 2 aromatic rings. The monoisotopic (exact) mass is 380 g/mol. The number of ether oxygens (including phenoxy) is 1. The number of rotatable bonds is 8. The fourth-order valence-electron chi connectivity index (χ4n) is 3.30. The maximum absolute atomic E-state index is 12.4. The largest absolute Gasteiger partial charge is 0.457 e. The van der Waals surface area contributed by atoms with E-state index in [-0.39, 0.29) is 11.8 Å². The lowest BCUT2D eigenvalue weighted by Gasteiger charge is -2.15. The van der Waals surface area contributed by atoms with Gasteiger partial charge in [-0.15, -0.1) is 0 Å². The van der Waals surface area contributed by atoms with Crippen molar-refractivity contribution in [2.24, 2.45) is 5.92 Å². The molecule has 0 spiro atoms. The minimum atomic E-state index is -0.419. The molecule has 146 valence electrons. The smallest absolute Gasteiger partial charge is 0.259 e. The van der Waals surface area contributed by atoms with E-state index < -0.39 is 11.8 Å². The normalized spacial score (nSPS) is 12.7. The zero-order chi connectivity index (χ0) is 20.1. The summed E-state index contributed by atoms with van der Waals surface area (Å²) >= 11 is 0. The molecule has 3 amide bonds. The number of carbonyl (C=O) groups excluding carboxylic acids is 3. The molecule has 1 aliphatic heterocycles. The van der Waals surface area contributed by atoms with E-state index in [1.54, 1.807) is 42.5 Å².